The fourth-order valence-corrected chi connectivity index (χ4v) is 5.04. The summed E-state index contributed by atoms with van der Waals surface area (Å²) in [6, 6.07) is 0. The first kappa shape index (κ1) is 11.1. The van der Waals surface area contributed by atoms with Crippen LogP contribution in [0.3, 0.4) is 0 Å². The van der Waals surface area contributed by atoms with E-state index < -0.39 is 0 Å². The van der Waals surface area contributed by atoms with Crippen LogP contribution in [-0.4, -0.2) is 38.8 Å². The van der Waals surface area contributed by atoms with Gasteiger partial charge in [0.05, 0.1) is 10.7 Å². The average Bonchev–Trinajstić information content (AvgIpc) is 2.49. The quantitative estimate of drug-likeness (QED) is 0.723. The maximum absolute atomic E-state index is 9.01. The molecule has 1 aliphatic rings. The second-order valence-electron chi connectivity index (χ2n) is 2.88. The van der Waals surface area contributed by atoms with Crippen molar-refractivity contribution in [3.05, 3.63) is 0 Å². The first-order chi connectivity index (χ1) is 5.79. The zero-order chi connectivity index (χ0) is 8.81. The van der Waals surface area contributed by atoms with Crippen LogP contribution in [-0.2, 0) is 0 Å². The molecule has 1 aliphatic heterocycles. The summed E-state index contributed by atoms with van der Waals surface area (Å²) < 4.78 is 0.839. The molecule has 1 heterocycles. The Morgan fingerprint density at radius 2 is 2.17 bits per heavy atom. The molecule has 1 fully saturated rings. The van der Waals surface area contributed by atoms with Gasteiger partial charge in [-0.1, -0.05) is 0 Å². The lowest BCUT2D eigenvalue weighted by atomic mass is 10.5. The van der Waals surface area contributed by atoms with Gasteiger partial charge in [-0.3, -0.25) is 0 Å². The number of aliphatic hydroxyl groups is 1. The van der Waals surface area contributed by atoms with Crippen molar-refractivity contribution in [2.24, 2.45) is 0 Å². The van der Waals surface area contributed by atoms with Crippen LogP contribution in [0.2, 0.25) is 0 Å². The molecular formula is C8H16OS3. The fraction of sp³-hybridized carbons (Fsp3) is 1.00. The second kappa shape index (κ2) is 6.46. The van der Waals surface area contributed by atoms with E-state index in [0.717, 1.165) is 10.3 Å². The minimum atomic E-state index is -0.140. The largest absolute Gasteiger partial charge is 0.393 e. The summed E-state index contributed by atoms with van der Waals surface area (Å²) in [5, 5.41) is 9.01. The molecule has 1 nitrogen and oxygen atoms in total. The molecule has 0 bridgehead atoms. The van der Waals surface area contributed by atoms with Crippen molar-refractivity contribution in [2.75, 3.05) is 23.0 Å². The van der Waals surface area contributed by atoms with Crippen LogP contribution < -0.4 is 0 Å². The molecule has 1 N–H and O–H groups in total. The molecule has 0 aromatic heterocycles. The summed E-state index contributed by atoms with van der Waals surface area (Å²) in [6.45, 7) is 1.85. The van der Waals surface area contributed by atoms with E-state index in [1.54, 1.807) is 0 Å². The van der Waals surface area contributed by atoms with Gasteiger partial charge < -0.3 is 5.11 Å². The molecule has 4 heteroatoms. The Bertz CT molecular complexity index is 113. The zero-order valence-electron chi connectivity index (χ0n) is 7.36. The highest BCUT2D eigenvalue weighted by Crippen LogP contribution is 2.34. The van der Waals surface area contributed by atoms with Gasteiger partial charge in [-0.25, -0.2) is 0 Å². The van der Waals surface area contributed by atoms with Gasteiger partial charge in [0.25, 0.3) is 0 Å². The molecule has 0 aromatic rings. The fourth-order valence-electron chi connectivity index (χ4n) is 1.01. The molecule has 0 aliphatic carbocycles. The van der Waals surface area contributed by atoms with Crippen LogP contribution in [0.4, 0.5) is 0 Å². The second-order valence-corrected chi connectivity index (χ2v) is 6.95. The van der Waals surface area contributed by atoms with Crippen molar-refractivity contribution in [2.45, 2.75) is 24.0 Å². The highest BCUT2D eigenvalue weighted by Gasteiger charge is 2.15. The number of thioether (sulfide) groups is 3. The van der Waals surface area contributed by atoms with E-state index >= 15 is 0 Å². The van der Waals surface area contributed by atoms with Gasteiger partial charge in [0.1, 0.15) is 0 Å². The highest BCUT2D eigenvalue weighted by molar-refractivity contribution is 8.20. The van der Waals surface area contributed by atoms with E-state index in [-0.39, 0.29) is 6.10 Å². The molecule has 0 saturated carbocycles. The van der Waals surface area contributed by atoms with Crippen LogP contribution in [0.25, 0.3) is 0 Å². The van der Waals surface area contributed by atoms with Gasteiger partial charge in [-0.15, -0.1) is 23.5 Å². The van der Waals surface area contributed by atoms with Crippen molar-refractivity contribution in [3.8, 4) is 0 Å². The Labute approximate surface area is 87.5 Å². The lowest BCUT2D eigenvalue weighted by Crippen LogP contribution is -2.04. The summed E-state index contributed by atoms with van der Waals surface area (Å²) in [4.78, 5) is 0. The maximum Gasteiger partial charge on any atom is 0.0602 e. The number of aliphatic hydroxyl groups excluding tert-OH is 1. The zero-order valence-corrected chi connectivity index (χ0v) is 9.81. The van der Waals surface area contributed by atoms with Gasteiger partial charge in [-0.05, 0) is 19.1 Å². The predicted molar refractivity (Wildman–Crippen MR) is 62.3 cm³/mol. The average molecular weight is 224 g/mol. The molecule has 0 radical (unpaired) electrons. The van der Waals surface area contributed by atoms with E-state index in [4.69, 9.17) is 5.11 Å². The minimum Gasteiger partial charge on any atom is -0.393 e. The summed E-state index contributed by atoms with van der Waals surface area (Å²) in [7, 11) is 0. The summed E-state index contributed by atoms with van der Waals surface area (Å²) in [5.74, 6) is 4.75. The van der Waals surface area contributed by atoms with Crippen LogP contribution in [0.5, 0.6) is 0 Å². The molecule has 1 saturated heterocycles. The maximum atomic E-state index is 9.01. The monoisotopic (exact) mass is 224 g/mol. The Kier molecular flexibility index (Phi) is 5.97. The SMILES string of the molecule is CC(O)CSCCC1SCCS1. The first-order valence-electron chi connectivity index (χ1n) is 4.28. The summed E-state index contributed by atoms with van der Waals surface area (Å²) in [6.07, 6.45) is 1.16. The lowest BCUT2D eigenvalue weighted by Gasteiger charge is -2.07. The van der Waals surface area contributed by atoms with Crippen LogP contribution >= 0.6 is 35.3 Å². The van der Waals surface area contributed by atoms with Gasteiger partial charge in [-0.2, -0.15) is 11.8 Å². The minimum absolute atomic E-state index is 0.140. The van der Waals surface area contributed by atoms with Gasteiger partial charge >= 0.3 is 0 Å². The molecule has 1 unspecified atom stereocenters. The third-order valence-electron chi connectivity index (χ3n) is 1.55. The van der Waals surface area contributed by atoms with Crippen molar-refractivity contribution in [1.29, 1.82) is 0 Å². The van der Waals surface area contributed by atoms with Crippen molar-refractivity contribution < 1.29 is 5.11 Å². The molecule has 72 valence electrons. The number of hydrogen-bond donors (Lipinski definition) is 1. The first-order valence-corrected chi connectivity index (χ1v) is 7.53. The van der Waals surface area contributed by atoms with Crippen LogP contribution in [0.1, 0.15) is 13.3 Å². The van der Waals surface area contributed by atoms with Crippen molar-refractivity contribution >= 4 is 35.3 Å². The van der Waals surface area contributed by atoms with E-state index in [2.05, 4.69) is 23.5 Å². The third kappa shape index (κ3) is 4.90. The smallest absolute Gasteiger partial charge is 0.0602 e. The summed E-state index contributed by atoms with van der Waals surface area (Å²) in [5.41, 5.74) is 0. The Morgan fingerprint density at radius 3 is 2.75 bits per heavy atom. The Balaban J connectivity index is 1.88. The number of rotatable bonds is 5. The van der Waals surface area contributed by atoms with E-state index in [0.29, 0.717) is 0 Å². The van der Waals surface area contributed by atoms with Crippen molar-refractivity contribution in [3.63, 3.8) is 0 Å². The Hall–Kier alpha value is 1.01. The highest BCUT2D eigenvalue weighted by atomic mass is 32.2. The van der Waals surface area contributed by atoms with Crippen LogP contribution in [0, 0.1) is 0 Å². The molecular weight excluding hydrogens is 208 g/mol. The van der Waals surface area contributed by atoms with Crippen molar-refractivity contribution in [1.82, 2.24) is 0 Å². The predicted octanol–water partition coefficient (Wildman–Crippen LogP) is 2.30. The molecule has 12 heavy (non-hydrogen) atoms. The van der Waals surface area contributed by atoms with E-state index in [1.807, 2.05) is 18.7 Å². The van der Waals surface area contributed by atoms with E-state index in [1.165, 1.54) is 23.7 Å². The number of hydrogen-bond acceptors (Lipinski definition) is 4. The topological polar surface area (TPSA) is 20.2 Å². The van der Waals surface area contributed by atoms with Gasteiger partial charge in [0.2, 0.25) is 0 Å². The summed E-state index contributed by atoms with van der Waals surface area (Å²) >= 11 is 6.05. The lowest BCUT2D eigenvalue weighted by molar-refractivity contribution is 0.220. The van der Waals surface area contributed by atoms with Gasteiger partial charge in [0.15, 0.2) is 0 Å². The normalized spacial score (nSPS) is 21.5. The Morgan fingerprint density at radius 1 is 1.50 bits per heavy atom. The van der Waals surface area contributed by atoms with Crippen LogP contribution in [0.15, 0.2) is 0 Å². The van der Waals surface area contributed by atoms with Gasteiger partial charge in [0, 0.05) is 17.3 Å². The van der Waals surface area contributed by atoms with E-state index in [9.17, 15) is 0 Å². The molecule has 0 spiro atoms. The molecule has 0 amide bonds. The third-order valence-corrected chi connectivity index (χ3v) is 5.96. The molecule has 1 rings (SSSR count). The standard InChI is InChI=1S/C8H16OS3/c1-7(9)6-10-3-2-8-11-4-5-12-8/h7-9H,2-6H2,1H3. The molecule has 1 atom stereocenters. The molecule has 0 aromatic carbocycles.